The number of nitrogens with one attached hydrogen (secondary N) is 4. The van der Waals surface area contributed by atoms with E-state index in [0.717, 1.165) is 79.4 Å². The smallest absolute Gasteiger partial charge is 0.251 e. The molecular formula is C38H47N9O3. The molecule has 6 N–H and O–H groups in total. The summed E-state index contributed by atoms with van der Waals surface area (Å²) in [6.45, 7) is 4.59. The number of aromatic nitrogens is 4. The summed E-state index contributed by atoms with van der Waals surface area (Å²) in [6, 6.07) is 20.4. The minimum absolute atomic E-state index is 0.0444. The number of piperidine rings is 1. The van der Waals surface area contributed by atoms with Crippen molar-refractivity contribution >= 4 is 23.4 Å². The van der Waals surface area contributed by atoms with Crippen LogP contribution in [0.2, 0.25) is 0 Å². The standard InChI is InChI=1S/C38H47N9O3/c1-24-20-30(37(49)41-32-4-3-19-47(2)23-32)15-18-33(24)27-9-5-25(6-10-27)21-34(42-36(48)29-11-7-26(22-39)8-12-29)38(50)40-31-16-13-28(14-17-31)35-43-45-46-44-35/h5-6,9-10,13-18,20,26,29,32,34H,3-4,7-8,11-12,19,21-23,39H2,1-2H3,(H,40,50)(H,41,49)(H,42,48)(H,43,44,45,46)/t26?,29?,32-,34?/m0/s1. The summed E-state index contributed by atoms with van der Waals surface area (Å²) in [4.78, 5) is 42.4. The number of benzene rings is 3. The Morgan fingerprint density at radius 2 is 1.70 bits per heavy atom. The van der Waals surface area contributed by atoms with Gasteiger partial charge in [-0.15, -0.1) is 10.2 Å². The summed E-state index contributed by atoms with van der Waals surface area (Å²) in [5.41, 5.74) is 11.8. The van der Waals surface area contributed by atoms with Gasteiger partial charge < -0.3 is 26.6 Å². The Kier molecular flexibility index (Phi) is 11.3. The number of aromatic amines is 1. The third-order valence-electron chi connectivity index (χ3n) is 10.1. The van der Waals surface area contributed by atoms with E-state index in [0.29, 0.717) is 36.0 Å². The van der Waals surface area contributed by atoms with Crippen molar-refractivity contribution in [1.82, 2.24) is 36.2 Å². The van der Waals surface area contributed by atoms with E-state index < -0.39 is 6.04 Å². The van der Waals surface area contributed by atoms with Crippen LogP contribution >= 0.6 is 0 Å². The number of hydrogen-bond acceptors (Lipinski definition) is 8. The van der Waals surface area contributed by atoms with Crippen molar-refractivity contribution < 1.29 is 14.4 Å². The second kappa shape index (κ2) is 16.2. The number of amides is 3. The van der Waals surface area contributed by atoms with Crippen LogP contribution in [0.1, 0.15) is 60.0 Å². The summed E-state index contributed by atoms with van der Waals surface area (Å²) < 4.78 is 0. The lowest BCUT2D eigenvalue weighted by atomic mass is 9.81. The third kappa shape index (κ3) is 8.80. The average Bonchev–Trinajstić information content (AvgIpc) is 3.67. The van der Waals surface area contributed by atoms with E-state index in [1.54, 1.807) is 24.3 Å². The number of anilines is 1. The van der Waals surface area contributed by atoms with Crippen LogP contribution in [0.4, 0.5) is 5.69 Å². The molecule has 262 valence electrons. The molecule has 2 fully saturated rings. The molecule has 1 unspecified atom stereocenters. The first-order chi connectivity index (χ1) is 24.2. The number of hydrogen-bond donors (Lipinski definition) is 5. The Balaban J connectivity index is 1.13. The van der Waals surface area contributed by atoms with Crippen molar-refractivity contribution in [2.24, 2.45) is 17.6 Å². The second-order valence-electron chi connectivity index (χ2n) is 13.8. The Morgan fingerprint density at radius 3 is 2.36 bits per heavy atom. The maximum absolute atomic E-state index is 13.7. The predicted molar refractivity (Wildman–Crippen MR) is 193 cm³/mol. The zero-order valence-electron chi connectivity index (χ0n) is 28.8. The number of tetrazole rings is 1. The number of rotatable bonds is 11. The lowest BCUT2D eigenvalue weighted by Gasteiger charge is -2.30. The van der Waals surface area contributed by atoms with Gasteiger partial charge in [-0.2, -0.15) is 5.21 Å². The maximum atomic E-state index is 13.7. The van der Waals surface area contributed by atoms with Crippen LogP contribution in [0, 0.1) is 18.8 Å². The van der Waals surface area contributed by atoms with E-state index >= 15 is 0 Å². The number of H-pyrrole nitrogens is 1. The highest BCUT2D eigenvalue weighted by atomic mass is 16.2. The van der Waals surface area contributed by atoms with Gasteiger partial charge in [0, 0.05) is 41.7 Å². The highest BCUT2D eigenvalue weighted by molar-refractivity contribution is 5.98. The van der Waals surface area contributed by atoms with Crippen LogP contribution in [0.5, 0.6) is 0 Å². The van der Waals surface area contributed by atoms with Crippen LogP contribution in [-0.4, -0.2) is 82.0 Å². The first-order valence-corrected chi connectivity index (χ1v) is 17.6. The van der Waals surface area contributed by atoms with Crippen molar-refractivity contribution in [2.75, 3.05) is 32.0 Å². The van der Waals surface area contributed by atoms with Crippen molar-refractivity contribution in [3.05, 3.63) is 83.4 Å². The van der Waals surface area contributed by atoms with Crippen molar-refractivity contribution in [1.29, 1.82) is 0 Å². The van der Waals surface area contributed by atoms with Gasteiger partial charge in [-0.25, -0.2) is 0 Å². The monoisotopic (exact) mass is 677 g/mol. The van der Waals surface area contributed by atoms with Crippen LogP contribution in [0.25, 0.3) is 22.5 Å². The molecule has 12 heteroatoms. The molecule has 2 heterocycles. The number of nitrogens with zero attached hydrogens (tertiary/aromatic N) is 4. The Hall–Kier alpha value is -4.94. The highest BCUT2D eigenvalue weighted by Gasteiger charge is 2.29. The van der Waals surface area contributed by atoms with Crippen LogP contribution in [0.15, 0.2) is 66.7 Å². The third-order valence-corrected chi connectivity index (χ3v) is 10.1. The molecule has 1 aliphatic heterocycles. The van der Waals surface area contributed by atoms with Crippen molar-refractivity contribution in [2.45, 2.75) is 64.0 Å². The Morgan fingerprint density at radius 1 is 0.960 bits per heavy atom. The molecule has 1 saturated heterocycles. The summed E-state index contributed by atoms with van der Waals surface area (Å²) in [5.74, 6) is 0.335. The van der Waals surface area contributed by atoms with E-state index in [-0.39, 0.29) is 29.7 Å². The number of likely N-dealkylation sites (N-methyl/N-ethyl adjacent to an activating group) is 1. The van der Waals surface area contributed by atoms with Gasteiger partial charge in [-0.3, -0.25) is 14.4 Å². The maximum Gasteiger partial charge on any atom is 0.251 e. The van der Waals surface area contributed by atoms with Gasteiger partial charge in [0.05, 0.1) is 0 Å². The molecule has 3 amide bonds. The fraction of sp³-hybridized carbons (Fsp3) is 0.421. The van der Waals surface area contributed by atoms with Crippen LogP contribution in [-0.2, 0) is 16.0 Å². The van der Waals surface area contributed by atoms with Crippen LogP contribution in [0.3, 0.4) is 0 Å². The summed E-state index contributed by atoms with van der Waals surface area (Å²) in [6.07, 6.45) is 5.78. The lowest BCUT2D eigenvalue weighted by Crippen LogP contribution is -2.48. The highest BCUT2D eigenvalue weighted by Crippen LogP contribution is 2.29. The Bertz CT molecular complexity index is 1750. The molecule has 1 saturated carbocycles. The van der Waals surface area contributed by atoms with E-state index in [1.165, 1.54) is 0 Å². The molecule has 1 aliphatic carbocycles. The molecule has 1 aromatic heterocycles. The molecule has 12 nitrogen and oxygen atoms in total. The largest absolute Gasteiger partial charge is 0.348 e. The number of aryl methyl sites for hydroxylation is 1. The topological polar surface area (TPSA) is 171 Å². The SMILES string of the molecule is Cc1cc(C(=O)N[C@H]2CCCN(C)C2)ccc1-c1ccc(CC(NC(=O)C2CCC(CN)CC2)C(=O)Nc2ccc(-c3nn[nH]n3)cc2)cc1. The summed E-state index contributed by atoms with van der Waals surface area (Å²) >= 11 is 0. The van der Waals surface area contributed by atoms with Gasteiger partial charge in [-0.1, -0.05) is 30.3 Å². The van der Waals surface area contributed by atoms with Gasteiger partial charge in [-0.05, 0) is 135 Å². The van der Waals surface area contributed by atoms with Crippen molar-refractivity contribution in [3.63, 3.8) is 0 Å². The zero-order valence-corrected chi connectivity index (χ0v) is 28.8. The number of nitrogens with two attached hydrogens (primary N) is 1. The second-order valence-corrected chi connectivity index (χ2v) is 13.8. The van der Waals surface area contributed by atoms with E-state index in [4.69, 9.17) is 5.73 Å². The summed E-state index contributed by atoms with van der Waals surface area (Å²) in [5, 5.41) is 23.3. The molecule has 2 aliphatic rings. The average molecular weight is 678 g/mol. The van der Waals surface area contributed by atoms with Gasteiger partial charge in [0.2, 0.25) is 17.6 Å². The van der Waals surface area contributed by atoms with E-state index in [1.807, 2.05) is 49.4 Å². The van der Waals surface area contributed by atoms with Gasteiger partial charge >= 0.3 is 0 Å². The first-order valence-electron chi connectivity index (χ1n) is 17.6. The zero-order chi connectivity index (χ0) is 35.0. The number of likely N-dealkylation sites (tertiary alicyclic amines) is 1. The van der Waals surface area contributed by atoms with Gasteiger partial charge in [0.15, 0.2) is 0 Å². The van der Waals surface area contributed by atoms with E-state index in [9.17, 15) is 14.4 Å². The van der Waals surface area contributed by atoms with Crippen molar-refractivity contribution in [3.8, 4) is 22.5 Å². The molecule has 0 radical (unpaired) electrons. The molecule has 0 bridgehead atoms. The fourth-order valence-corrected chi connectivity index (χ4v) is 7.11. The molecule has 6 rings (SSSR count). The van der Waals surface area contributed by atoms with Gasteiger partial charge in [0.25, 0.3) is 5.91 Å². The molecule has 50 heavy (non-hydrogen) atoms. The van der Waals surface area contributed by atoms with Gasteiger partial charge in [0.1, 0.15) is 6.04 Å². The lowest BCUT2D eigenvalue weighted by molar-refractivity contribution is -0.130. The number of carbonyl (C=O) groups excluding carboxylic acids is 3. The molecular weight excluding hydrogens is 630 g/mol. The van der Waals surface area contributed by atoms with E-state index in [2.05, 4.69) is 48.5 Å². The molecule has 0 spiro atoms. The quantitative estimate of drug-likeness (QED) is 0.158. The predicted octanol–water partition coefficient (Wildman–Crippen LogP) is 4.10. The minimum Gasteiger partial charge on any atom is -0.348 e. The molecule has 3 aromatic carbocycles. The Labute approximate surface area is 293 Å². The minimum atomic E-state index is -0.777. The summed E-state index contributed by atoms with van der Waals surface area (Å²) in [7, 11) is 2.09. The molecule has 4 aromatic rings. The first kappa shape index (κ1) is 34.9. The number of carbonyl (C=O) groups is 3. The normalized spacial score (nSPS) is 20.1. The van der Waals surface area contributed by atoms with Crippen LogP contribution < -0.4 is 21.7 Å². The molecule has 2 atom stereocenters. The fourth-order valence-electron chi connectivity index (χ4n) is 7.11.